The van der Waals surface area contributed by atoms with E-state index >= 15 is 0 Å². The van der Waals surface area contributed by atoms with Crippen molar-refractivity contribution in [1.29, 1.82) is 0 Å². The molecule has 1 unspecified atom stereocenters. The second-order valence-corrected chi connectivity index (χ2v) is 6.29. The number of benzene rings is 1. The summed E-state index contributed by atoms with van der Waals surface area (Å²) in [6, 6.07) is 10.8. The van der Waals surface area contributed by atoms with Gasteiger partial charge < -0.3 is 15.5 Å². The molecule has 1 atom stereocenters. The summed E-state index contributed by atoms with van der Waals surface area (Å²) in [6.45, 7) is 6.52. The van der Waals surface area contributed by atoms with Crippen LogP contribution in [0.5, 0.6) is 0 Å². The smallest absolute Gasteiger partial charge is 0.221 e. The SMILES string of the molecule is CN=C(NCCC(=O)NC(C)C)N1CCC(c2ccccc2)C1. The molecule has 1 aliphatic rings. The zero-order valence-corrected chi connectivity index (χ0v) is 14.4. The number of aliphatic imine (C=N–C) groups is 1. The van der Waals surface area contributed by atoms with Crippen LogP contribution in [0.3, 0.4) is 0 Å². The summed E-state index contributed by atoms with van der Waals surface area (Å²) in [6.07, 6.45) is 1.60. The first-order chi connectivity index (χ1) is 11.1. The molecule has 0 spiro atoms. The second-order valence-electron chi connectivity index (χ2n) is 6.29. The predicted octanol–water partition coefficient (Wildman–Crippen LogP) is 1.97. The van der Waals surface area contributed by atoms with Gasteiger partial charge in [0, 0.05) is 45.1 Å². The number of carbonyl (C=O) groups is 1. The van der Waals surface area contributed by atoms with Crippen molar-refractivity contribution >= 4 is 11.9 Å². The number of rotatable bonds is 5. The van der Waals surface area contributed by atoms with Crippen molar-refractivity contribution in [2.75, 3.05) is 26.7 Å². The van der Waals surface area contributed by atoms with Gasteiger partial charge in [0.1, 0.15) is 0 Å². The average Bonchev–Trinajstić information content (AvgIpc) is 3.01. The van der Waals surface area contributed by atoms with Crippen LogP contribution in [0.1, 0.15) is 38.2 Å². The van der Waals surface area contributed by atoms with E-state index in [1.54, 1.807) is 7.05 Å². The van der Waals surface area contributed by atoms with Crippen molar-refractivity contribution in [2.45, 2.75) is 38.6 Å². The van der Waals surface area contributed by atoms with Gasteiger partial charge >= 0.3 is 0 Å². The molecule has 0 saturated carbocycles. The van der Waals surface area contributed by atoms with E-state index in [0.29, 0.717) is 18.9 Å². The minimum atomic E-state index is 0.0755. The molecule has 1 aromatic carbocycles. The van der Waals surface area contributed by atoms with E-state index in [4.69, 9.17) is 0 Å². The van der Waals surface area contributed by atoms with E-state index in [-0.39, 0.29) is 11.9 Å². The lowest BCUT2D eigenvalue weighted by atomic mass is 9.99. The number of carbonyl (C=O) groups excluding carboxylic acids is 1. The van der Waals surface area contributed by atoms with E-state index in [1.807, 2.05) is 13.8 Å². The maximum absolute atomic E-state index is 11.7. The molecule has 2 rings (SSSR count). The number of likely N-dealkylation sites (tertiary alicyclic amines) is 1. The quantitative estimate of drug-likeness (QED) is 0.645. The van der Waals surface area contributed by atoms with Gasteiger partial charge in [-0.2, -0.15) is 0 Å². The maximum Gasteiger partial charge on any atom is 0.221 e. The Balaban J connectivity index is 1.80. The summed E-state index contributed by atoms with van der Waals surface area (Å²) < 4.78 is 0. The first kappa shape index (κ1) is 17.3. The number of nitrogens with one attached hydrogen (secondary N) is 2. The van der Waals surface area contributed by atoms with Gasteiger partial charge in [0.15, 0.2) is 5.96 Å². The molecular weight excluding hydrogens is 288 g/mol. The summed E-state index contributed by atoms with van der Waals surface area (Å²) in [7, 11) is 1.80. The van der Waals surface area contributed by atoms with Gasteiger partial charge in [0.2, 0.25) is 5.91 Å². The summed E-state index contributed by atoms with van der Waals surface area (Å²) in [5, 5.41) is 6.20. The fourth-order valence-electron chi connectivity index (χ4n) is 2.96. The van der Waals surface area contributed by atoms with E-state index in [1.165, 1.54) is 5.56 Å². The Kier molecular flexibility index (Phi) is 6.44. The molecule has 5 heteroatoms. The molecule has 5 nitrogen and oxygen atoms in total. The van der Waals surface area contributed by atoms with Crippen LogP contribution in [0.4, 0.5) is 0 Å². The number of hydrogen-bond acceptors (Lipinski definition) is 2. The first-order valence-electron chi connectivity index (χ1n) is 8.40. The summed E-state index contributed by atoms with van der Waals surface area (Å²) in [5.41, 5.74) is 1.39. The topological polar surface area (TPSA) is 56.7 Å². The van der Waals surface area contributed by atoms with Gasteiger partial charge in [-0.3, -0.25) is 9.79 Å². The van der Waals surface area contributed by atoms with E-state index < -0.39 is 0 Å². The number of guanidine groups is 1. The average molecular weight is 316 g/mol. The normalized spacial score (nSPS) is 18.3. The predicted molar refractivity (Wildman–Crippen MR) is 94.6 cm³/mol. The van der Waals surface area contributed by atoms with Crippen LogP contribution in [-0.2, 0) is 4.79 Å². The molecule has 0 radical (unpaired) electrons. The molecule has 23 heavy (non-hydrogen) atoms. The van der Waals surface area contributed by atoms with E-state index in [2.05, 4.69) is 50.9 Å². The Bertz CT molecular complexity index is 527. The molecule has 2 N–H and O–H groups in total. The lowest BCUT2D eigenvalue weighted by molar-refractivity contribution is -0.121. The minimum Gasteiger partial charge on any atom is -0.356 e. The molecule has 1 amide bonds. The first-order valence-corrected chi connectivity index (χ1v) is 8.40. The van der Waals surface area contributed by atoms with Crippen molar-refractivity contribution in [3.63, 3.8) is 0 Å². The number of nitrogens with zero attached hydrogens (tertiary/aromatic N) is 2. The highest BCUT2D eigenvalue weighted by molar-refractivity contribution is 5.81. The zero-order valence-electron chi connectivity index (χ0n) is 14.4. The van der Waals surface area contributed by atoms with Crippen molar-refractivity contribution in [1.82, 2.24) is 15.5 Å². The van der Waals surface area contributed by atoms with Gasteiger partial charge in [0.05, 0.1) is 0 Å². The van der Waals surface area contributed by atoms with Gasteiger partial charge in [-0.25, -0.2) is 0 Å². The lowest BCUT2D eigenvalue weighted by Gasteiger charge is -2.22. The molecule has 1 saturated heterocycles. The van der Waals surface area contributed by atoms with Crippen molar-refractivity contribution in [2.24, 2.45) is 4.99 Å². The van der Waals surface area contributed by atoms with Crippen molar-refractivity contribution in [3.8, 4) is 0 Å². The molecule has 126 valence electrons. The zero-order chi connectivity index (χ0) is 16.7. The van der Waals surface area contributed by atoms with Crippen LogP contribution in [0, 0.1) is 0 Å². The van der Waals surface area contributed by atoms with Crippen LogP contribution < -0.4 is 10.6 Å². The van der Waals surface area contributed by atoms with Crippen LogP contribution in [0.2, 0.25) is 0 Å². The van der Waals surface area contributed by atoms with Crippen LogP contribution in [0.25, 0.3) is 0 Å². The fourth-order valence-corrected chi connectivity index (χ4v) is 2.96. The monoisotopic (exact) mass is 316 g/mol. The third-order valence-corrected chi connectivity index (χ3v) is 4.06. The van der Waals surface area contributed by atoms with Crippen LogP contribution >= 0.6 is 0 Å². The third kappa shape index (κ3) is 5.27. The Morgan fingerprint density at radius 3 is 2.74 bits per heavy atom. The second kappa shape index (κ2) is 8.56. The van der Waals surface area contributed by atoms with E-state index in [0.717, 1.165) is 25.5 Å². The standard InChI is InChI=1S/C18H28N4O/c1-14(2)21-17(23)9-11-20-18(19-3)22-12-10-16(13-22)15-7-5-4-6-8-15/h4-8,14,16H,9-13H2,1-3H3,(H,19,20)(H,21,23). The van der Waals surface area contributed by atoms with Gasteiger partial charge in [-0.1, -0.05) is 30.3 Å². The highest BCUT2D eigenvalue weighted by atomic mass is 16.1. The molecule has 1 fully saturated rings. The van der Waals surface area contributed by atoms with Gasteiger partial charge in [-0.15, -0.1) is 0 Å². The highest BCUT2D eigenvalue weighted by Gasteiger charge is 2.25. The number of hydrogen-bond donors (Lipinski definition) is 2. The molecule has 1 aromatic rings. The Labute approximate surface area is 139 Å². The van der Waals surface area contributed by atoms with Crippen molar-refractivity contribution in [3.05, 3.63) is 35.9 Å². The fraction of sp³-hybridized carbons (Fsp3) is 0.556. The maximum atomic E-state index is 11.7. The highest BCUT2D eigenvalue weighted by Crippen LogP contribution is 2.26. The summed E-state index contributed by atoms with van der Waals surface area (Å²) >= 11 is 0. The summed E-state index contributed by atoms with van der Waals surface area (Å²) in [5.74, 6) is 1.52. The molecule has 0 aliphatic carbocycles. The van der Waals surface area contributed by atoms with E-state index in [9.17, 15) is 4.79 Å². The Morgan fingerprint density at radius 2 is 2.09 bits per heavy atom. The largest absolute Gasteiger partial charge is 0.356 e. The van der Waals surface area contributed by atoms with Crippen LogP contribution in [-0.4, -0.2) is 49.5 Å². The van der Waals surface area contributed by atoms with Crippen LogP contribution in [0.15, 0.2) is 35.3 Å². The Hall–Kier alpha value is -2.04. The molecule has 1 aliphatic heterocycles. The van der Waals surface area contributed by atoms with Gasteiger partial charge in [0.25, 0.3) is 0 Å². The molecular formula is C18H28N4O. The summed E-state index contributed by atoms with van der Waals surface area (Å²) in [4.78, 5) is 18.3. The minimum absolute atomic E-state index is 0.0755. The Morgan fingerprint density at radius 1 is 1.35 bits per heavy atom. The lowest BCUT2D eigenvalue weighted by Crippen LogP contribution is -2.41. The molecule has 0 aromatic heterocycles. The molecule has 1 heterocycles. The molecule has 0 bridgehead atoms. The van der Waals surface area contributed by atoms with Crippen molar-refractivity contribution < 1.29 is 4.79 Å². The number of amides is 1. The van der Waals surface area contributed by atoms with Gasteiger partial charge in [-0.05, 0) is 25.8 Å². The third-order valence-electron chi connectivity index (χ3n) is 4.06.